The lowest BCUT2D eigenvalue weighted by Crippen LogP contribution is -2.22. The van der Waals surface area contributed by atoms with Crippen LogP contribution in [0.3, 0.4) is 0 Å². The fourth-order valence-electron chi connectivity index (χ4n) is 1.91. The molecule has 128 valence electrons. The van der Waals surface area contributed by atoms with Crippen molar-refractivity contribution < 1.29 is 19.1 Å². The molecule has 0 atom stereocenters. The average molecular weight is 372 g/mol. The van der Waals surface area contributed by atoms with Crippen molar-refractivity contribution >= 4 is 40.8 Å². The maximum absolute atomic E-state index is 12.1. The largest absolute Gasteiger partial charge is 0.482 e. The second-order valence-electron chi connectivity index (χ2n) is 4.84. The predicted molar refractivity (Wildman–Crippen MR) is 89.9 cm³/mol. The molecule has 7 nitrogen and oxygen atoms in total. The molecule has 1 aromatic carbocycles. The molecule has 0 bridgehead atoms. The zero-order chi connectivity index (χ0) is 17.9. The van der Waals surface area contributed by atoms with E-state index in [2.05, 4.69) is 15.2 Å². The summed E-state index contributed by atoms with van der Waals surface area (Å²) in [5, 5.41) is 7.38. The SMILES string of the molecule is COC(=O)c1nn(C)c(C)c1NC(=O)COc1ccc(Cl)cc1Cl. The molecule has 9 heteroatoms. The molecule has 0 saturated carbocycles. The van der Waals surface area contributed by atoms with E-state index in [9.17, 15) is 9.59 Å². The van der Waals surface area contributed by atoms with Crippen molar-refractivity contribution in [1.82, 2.24) is 9.78 Å². The van der Waals surface area contributed by atoms with Crippen LogP contribution in [-0.4, -0.2) is 35.4 Å². The third kappa shape index (κ3) is 3.98. The summed E-state index contributed by atoms with van der Waals surface area (Å²) in [5.74, 6) is -0.787. The van der Waals surface area contributed by atoms with Crippen LogP contribution < -0.4 is 10.1 Å². The van der Waals surface area contributed by atoms with Crippen LogP contribution in [0.5, 0.6) is 5.75 Å². The Kier molecular flexibility index (Phi) is 5.69. The van der Waals surface area contributed by atoms with Crippen LogP contribution in [0.15, 0.2) is 18.2 Å². The number of rotatable bonds is 5. The number of amides is 1. The van der Waals surface area contributed by atoms with Gasteiger partial charge in [0, 0.05) is 12.1 Å². The number of aryl methyl sites for hydroxylation is 1. The van der Waals surface area contributed by atoms with Gasteiger partial charge in [0.1, 0.15) is 5.75 Å². The Hall–Kier alpha value is -2.25. The molecule has 0 aliphatic rings. The Morgan fingerprint density at radius 1 is 1.33 bits per heavy atom. The van der Waals surface area contributed by atoms with Gasteiger partial charge in [-0.25, -0.2) is 4.79 Å². The number of carbonyl (C=O) groups excluding carboxylic acids is 2. The number of methoxy groups -OCH3 is 1. The first-order chi connectivity index (χ1) is 11.3. The Morgan fingerprint density at radius 3 is 2.67 bits per heavy atom. The standard InChI is InChI=1S/C15H15Cl2N3O4/c1-8-13(14(15(22)23-3)19-20(8)2)18-12(21)7-24-11-5-4-9(16)6-10(11)17/h4-6H,7H2,1-3H3,(H,18,21). The number of benzene rings is 1. The minimum absolute atomic E-state index is 0.0235. The molecule has 2 aromatic rings. The molecule has 1 aromatic heterocycles. The Bertz CT molecular complexity index is 789. The summed E-state index contributed by atoms with van der Waals surface area (Å²) < 4.78 is 11.5. The van der Waals surface area contributed by atoms with E-state index in [1.54, 1.807) is 26.1 Å². The topological polar surface area (TPSA) is 82.5 Å². The van der Waals surface area contributed by atoms with E-state index in [1.807, 2.05) is 0 Å². The van der Waals surface area contributed by atoms with Crippen LogP contribution in [0.4, 0.5) is 5.69 Å². The maximum atomic E-state index is 12.1. The minimum Gasteiger partial charge on any atom is -0.482 e. The van der Waals surface area contributed by atoms with E-state index in [1.165, 1.54) is 17.9 Å². The van der Waals surface area contributed by atoms with Crippen molar-refractivity contribution in [3.05, 3.63) is 39.6 Å². The highest BCUT2D eigenvalue weighted by Gasteiger charge is 2.22. The first kappa shape index (κ1) is 18.1. The monoisotopic (exact) mass is 371 g/mol. The van der Waals surface area contributed by atoms with Gasteiger partial charge < -0.3 is 14.8 Å². The molecule has 0 fully saturated rings. The molecular formula is C15H15Cl2N3O4. The summed E-state index contributed by atoms with van der Waals surface area (Å²) in [6.45, 7) is 1.42. The second kappa shape index (κ2) is 7.55. The number of nitrogens with zero attached hydrogens (tertiary/aromatic N) is 2. The van der Waals surface area contributed by atoms with Crippen molar-refractivity contribution in [3.63, 3.8) is 0 Å². The van der Waals surface area contributed by atoms with Gasteiger partial charge in [-0.1, -0.05) is 23.2 Å². The first-order valence-electron chi connectivity index (χ1n) is 6.83. The van der Waals surface area contributed by atoms with Gasteiger partial charge in [-0.15, -0.1) is 0 Å². The van der Waals surface area contributed by atoms with Crippen LogP contribution in [0, 0.1) is 6.92 Å². The number of nitrogens with one attached hydrogen (secondary N) is 1. The van der Waals surface area contributed by atoms with Crippen molar-refractivity contribution in [2.45, 2.75) is 6.92 Å². The van der Waals surface area contributed by atoms with Crippen LogP contribution in [-0.2, 0) is 16.6 Å². The fraction of sp³-hybridized carbons (Fsp3) is 0.267. The molecular weight excluding hydrogens is 357 g/mol. The van der Waals surface area contributed by atoms with Gasteiger partial charge in [0.2, 0.25) is 0 Å². The highest BCUT2D eigenvalue weighted by molar-refractivity contribution is 6.35. The Balaban J connectivity index is 2.09. The number of hydrogen-bond acceptors (Lipinski definition) is 5. The van der Waals surface area contributed by atoms with Crippen LogP contribution >= 0.6 is 23.2 Å². The van der Waals surface area contributed by atoms with Crippen molar-refractivity contribution in [3.8, 4) is 5.75 Å². The molecule has 1 N–H and O–H groups in total. The van der Waals surface area contributed by atoms with Gasteiger partial charge in [0.05, 0.1) is 23.5 Å². The molecule has 1 amide bonds. The fourth-order valence-corrected chi connectivity index (χ4v) is 2.37. The van der Waals surface area contributed by atoms with Crippen molar-refractivity contribution in [2.24, 2.45) is 7.05 Å². The molecule has 0 aliphatic heterocycles. The molecule has 2 rings (SSSR count). The number of carbonyl (C=O) groups is 2. The van der Waals surface area contributed by atoms with Crippen LogP contribution in [0.1, 0.15) is 16.2 Å². The molecule has 0 aliphatic carbocycles. The summed E-state index contributed by atoms with van der Waals surface area (Å²) in [5.41, 5.74) is 0.906. The smallest absolute Gasteiger partial charge is 0.360 e. The summed E-state index contributed by atoms with van der Waals surface area (Å²) in [4.78, 5) is 23.8. The van der Waals surface area contributed by atoms with Gasteiger partial charge in [-0.05, 0) is 25.1 Å². The quantitative estimate of drug-likeness (QED) is 0.817. The first-order valence-corrected chi connectivity index (χ1v) is 7.58. The predicted octanol–water partition coefficient (Wildman–Crippen LogP) is 2.84. The number of hydrogen-bond donors (Lipinski definition) is 1. The summed E-state index contributed by atoms with van der Waals surface area (Å²) in [6.07, 6.45) is 0. The van der Waals surface area contributed by atoms with Crippen molar-refractivity contribution in [2.75, 3.05) is 19.0 Å². The van der Waals surface area contributed by atoms with Gasteiger partial charge in [0.25, 0.3) is 5.91 Å². The van der Waals surface area contributed by atoms with E-state index in [0.29, 0.717) is 21.5 Å². The molecule has 0 radical (unpaired) electrons. The highest BCUT2D eigenvalue weighted by Crippen LogP contribution is 2.27. The summed E-state index contributed by atoms with van der Waals surface area (Å²) in [7, 11) is 2.89. The zero-order valence-corrected chi connectivity index (χ0v) is 14.7. The van der Waals surface area contributed by atoms with Gasteiger partial charge in [0.15, 0.2) is 12.3 Å². The van der Waals surface area contributed by atoms with E-state index < -0.39 is 11.9 Å². The van der Waals surface area contributed by atoms with E-state index >= 15 is 0 Å². The lowest BCUT2D eigenvalue weighted by atomic mass is 10.3. The molecule has 0 unspecified atom stereocenters. The van der Waals surface area contributed by atoms with Crippen molar-refractivity contribution in [1.29, 1.82) is 0 Å². The normalized spacial score (nSPS) is 10.4. The van der Waals surface area contributed by atoms with E-state index in [0.717, 1.165) is 0 Å². The van der Waals surface area contributed by atoms with E-state index in [-0.39, 0.29) is 18.0 Å². The lowest BCUT2D eigenvalue weighted by molar-refractivity contribution is -0.118. The van der Waals surface area contributed by atoms with E-state index in [4.69, 9.17) is 27.9 Å². The number of halogens is 2. The Morgan fingerprint density at radius 2 is 2.04 bits per heavy atom. The molecule has 24 heavy (non-hydrogen) atoms. The highest BCUT2D eigenvalue weighted by atomic mass is 35.5. The van der Waals surface area contributed by atoms with Gasteiger partial charge in [-0.2, -0.15) is 5.10 Å². The summed E-state index contributed by atoms with van der Waals surface area (Å²) >= 11 is 11.8. The van der Waals surface area contributed by atoms with Crippen LogP contribution in [0.2, 0.25) is 10.0 Å². The second-order valence-corrected chi connectivity index (χ2v) is 5.68. The molecule has 1 heterocycles. The number of aromatic nitrogens is 2. The third-order valence-electron chi connectivity index (χ3n) is 3.23. The van der Waals surface area contributed by atoms with Gasteiger partial charge >= 0.3 is 5.97 Å². The zero-order valence-electron chi connectivity index (χ0n) is 13.2. The maximum Gasteiger partial charge on any atom is 0.360 e. The summed E-state index contributed by atoms with van der Waals surface area (Å²) in [6, 6.07) is 4.67. The lowest BCUT2D eigenvalue weighted by Gasteiger charge is -2.09. The molecule has 0 saturated heterocycles. The molecule has 0 spiro atoms. The average Bonchev–Trinajstić information content (AvgIpc) is 2.81. The number of ether oxygens (including phenoxy) is 2. The Labute approximate surface area is 148 Å². The van der Waals surface area contributed by atoms with Gasteiger partial charge in [-0.3, -0.25) is 9.48 Å². The minimum atomic E-state index is -0.643. The number of esters is 1. The number of anilines is 1. The van der Waals surface area contributed by atoms with Crippen LogP contribution in [0.25, 0.3) is 0 Å². The third-order valence-corrected chi connectivity index (χ3v) is 3.76.